The Morgan fingerprint density at radius 1 is 1.24 bits per heavy atom. The van der Waals surface area contributed by atoms with E-state index in [1.54, 1.807) is 18.2 Å². The zero-order valence-electron chi connectivity index (χ0n) is 12.4. The van der Waals surface area contributed by atoms with Gasteiger partial charge in [-0.3, -0.25) is 0 Å². The van der Waals surface area contributed by atoms with Crippen molar-refractivity contribution in [3.05, 3.63) is 52.3 Å². The second-order valence-corrected chi connectivity index (χ2v) is 7.18. The van der Waals surface area contributed by atoms with E-state index in [0.29, 0.717) is 13.0 Å². The predicted molar refractivity (Wildman–Crippen MR) is 85.2 cm³/mol. The number of hydrogen-bond donors (Lipinski definition) is 1. The van der Waals surface area contributed by atoms with Gasteiger partial charge in [-0.25, -0.2) is 13.1 Å². The van der Waals surface area contributed by atoms with E-state index in [1.165, 1.54) is 6.07 Å². The number of aryl methyl sites for hydroxylation is 1. The maximum Gasteiger partial charge on any atom is 0.242 e. The Kier molecular flexibility index (Phi) is 4.76. The standard InChI is InChI=1S/C15H19ClN2O2S/c1-11-10-13(12(2)18(11)3)8-9-17-21(19,20)15-7-5-4-6-14(15)16/h4-7,10,17H,8-9H2,1-3H3. The van der Waals surface area contributed by atoms with Gasteiger partial charge in [-0.1, -0.05) is 23.7 Å². The lowest BCUT2D eigenvalue weighted by Crippen LogP contribution is -2.26. The summed E-state index contributed by atoms with van der Waals surface area (Å²) in [6.45, 7) is 4.41. The van der Waals surface area contributed by atoms with E-state index in [-0.39, 0.29) is 9.92 Å². The molecule has 6 heteroatoms. The lowest BCUT2D eigenvalue weighted by Gasteiger charge is -2.08. The van der Waals surface area contributed by atoms with Crippen LogP contribution in [0.1, 0.15) is 17.0 Å². The Hall–Kier alpha value is -1.30. The Morgan fingerprint density at radius 3 is 2.48 bits per heavy atom. The van der Waals surface area contributed by atoms with Crippen LogP contribution in [-0.4, -0.2) is 19.5 Å². The van der Waals surface area contributed by atoms with Crippen LogP contribution < -0.4 is 4.72 Å². The molecular formula is C15H19ClN2O2S. The van der Waals surface area contributed by atoms with E-state index in [1.807, 2.05) is 20.9 Å². The van der Waals surface area contributed by atoms with E-state index in [0.717, 1.165) is 17.0 Å². The van der Waals surface area contributed by atoms with Crippen LogP contribution in [0.15, 0.2) is 35.2 Å². The quantitative estimate of drug-likeness (QED) is 0.918. The molecule has 0 saturated carbocycles. The molecule has 0 fully saturated rings. The van der Waals surface area contributed by atoms with Gasteiger partial charge in [-0.15, -0.1) is 0 Å². The number of nitrogens with zero attached hydrogens (tertiary/aromatic N) is 1. The Morgan fingerprint density at radius 2 is 1.90 bits per heavy atom. The van der Waals surface area contributed by atoms with Crippen molar-refractivity contribution in [1.82, 2.24) is 9.29 Å². The highest BCUT2D eigenvalue weighted by atomic mass is 35.5. The minimum absolute atomic E-state index is 0.118. The fraction of sp³-hybridized carbons (Fsp3) is 0.333. The molecule has 0 bridgehead atoms. The molecule has 1 N–H and O–H groups in total. The molecule has 0 spiro atoms. The van der Waals surface area contributed by atoms with Crippen LogP contribution in [0.4, 0.5) is 0 Å². The highest BCUT2D eigenvalue weighted by Crippen LogP contribution is 2.20. The van der Waals surface area contributed by atoms with Crippen molar-refractivity contribution in [2.45, 2.75) is 25.2 Å². The third kappa shape index (κ3) is 3.48. The minimum atomic E-state index is -3.57. The molecule has 21 heavy (non-hydrogen) atoms. The first-order chi connectivity index (χ1) is 9.83. The van der Waals surface area contributed by atoms with Crippen molar-refractivity contribution in [3.8, 4) is 0 Å². The highest BCUT2D eigenvalue weighted by molar-refractivity contribution is 7.89. The van der Waals surface area contributed by atoms with Crippen molar-refractivity contribution < 1.29 is 8.42 Å². The third-order valence-corrected chi connectivity index (χ3v) is 5.65. The number of rotatable bonds is 5. The lowest BCUT2D eigenvalue weighted by molar-refractivity contribution is 0.581. The molecule has 0 saturated heterocycles. The van der Waals surface area contributed by atoms with Gasteiger partial charge in [-0.05, 0) is 44.0 Å². The van der Waals surface area contributed by atoms with Gasteiger partial charge in [0.25, 0.3) is 0 Å². The fourth-order valence-corrected chi connectivity index (χ4v) is 3.80. The second kappa shape index (κ2) is 6.22. The van der Waals surface area contributed by atoms with Gasteiger partial charge in [0.05, 0.1) is 5.02 Å². The molecule has 0 unspecified atom stereocenters. The molecule has 0 amide bonds. The Balaban J connectivity index is 2.06. The molecular weight excluding hydrogens is 308 g/mol. The molecule has 4 nitrogen and oxygen atoms in total. The third-order valence-electron chi connectivity index (χ3n) is 3.69. The summed E-state index contributed by atoms with van der Waals surface area (Å²) in [5.41, 5.74) is 3.47. The van der Waals surface area contributed by atoms with E-state index in [4.69, 9.17) is 11.6 Å². The monoisotopic (exact) mass is 326 g/mol. The van der Waals surface area contributed by atoms with E-state index >= 15 is 0 Å². The first kappa shape index (κ1) is 16.1. The van der Waals surface area contributed by atoms with Crippen LogP contribution in [0.3, 0.4) is 0 Å². The summed E-state index contributed by atoms with van der Waals surface area (Å²) in [5, 5.41) is 0.233. The Labute approximate surface area is 130 Å². The maximum atomic E-state index is 12.2. The number of nitrogens with one attached hydrogen (secondary N) is 1. The molecule has 1 aromatic heterocycles. The molecule has 1 heterocycles. The average Bonchev–Trinajstić information content (AvgIpc) is 2.66. The summed E-state index contributed by atoms with van der Waals surface area (Å²) in [6.07, 6.45) is 0.650. The van der Waals surface area contributed by atoms with Crippen LogP contribution in [0.25, 0.3) is 0 Å². The van der Waals surface area contributed by atoms with Gasteiger partial charge in [-0.2, -0.15) is 0 Å². The topological polar surface area (TPSA) is 51.1 Å². The van der Waals surface area contributed by atoms with Crippen molar-refractivity contribution in [1.29, 1.82) is 0 Å². The van der Waals surface area contributed by atoms with E-state index < -0.39 is 10.0 Å². The molecule has 2 aromatic rings. The van der Waals surface area contributed by atoms with Crippen molar-refractivity contribution in [3.63, 3.8) is 0 Å². The van der Waals surface area contributed by atoms with Crippen LogP contribution in [0.5, 0.6) is 0 Å². The van der Waals surface area contributed by atoms with Crippen LogP contribution in [-0.2, 0) is 23.5 Å². The van der Waals surface area contributed by atoms with Gasteiger partial charge < -0.3 is 4.57 Å². The number of sulfonamides is 1. The average molecular weight is 327 g/mol. The first-order valence-electron chi connectivity index (χ1n) is 6.69. The normalized spacial score (nSPS) is 11.8. The SMILES string of the molecule is Cc1cc(CCNS(=O)(=O)c2ccccc2Cl)c(C)n1C. The molecule has 1 aromatic carbocycles. The molecule has 0 aliphatic rings. The first-order valence-corrected chi connectivity index (χ1v) is 8.55. The summed E-state index contributed by atoms with van der Waals surface area (Å²) in [6, 6.07) is 8.52. The van der Waals surface area contributed by atoms with Crippen LogP contribution in [0.2, 0.25) is 5.02 Å². The maximum absolute atomic E-state index is 12.2. The fourth-order valence-electron chi connectivity index (χ4n) is 2.25. The smallest absolute Gasteiger partial charge is 0.242 e. The molecule has 2 rings (SSSR count). The summed E-state index contributed by atoms with van der Waals surface area (Å²) >= 11 is 5.93. The summed E-state index contributed by atoms with van der Waals surface area (Å²) in [7, 11) is -1.56. The second-order valence-electron chi connectivity index (χ2n) is 5.03. The summed E-state index contributed by atoms with van der Waals surface area (Å²) < 4.78 is 29.1. The summed E-state index contributed by atoms with van der Waals surface area (Å²) in [4.78, 5) is 0.118. The van der Waals surface area contributed by atoms with Crippen molar-refractivity contribution >= 4 is 21.6 Å². The molecule has 114 valence electrons. The zero-order chi connectivity index (χ0) is 15.6. The van der Waals surface area contributed by atoms with Gasteiger partial charge in [0, 0.05) is 25.0 Å². The number of aromatic nitrogens is 1. The van der Waals surface area contributed by atoms with Crippen molar-refractivity contribution in [2.24, 2.45) is 7.05 Å². The summed E-state index contributed by atoms with van der Waals surface area (Å²) in [5.74, 6) is 0. The molecule has 0 aliphatic carbocycles. The van der Waals surface area contributed by atoms with Gasteiger partial charge in [0.1, 0.15) is 4.90 Å². The van der Waals surface area contributed by atoms with Gasteiger partial charge in [0.2, 0.25) is 10.0 Å². The Bertz CT molecular complexity index is 751. The highest BCUT2D eigenvalue weighted by Gasteiger charge is 2.17. The molecule has 0 atom stereocenters. The predicted octanol–water partition coefficient (Wildman–Crippen LogP) is 2.82. The van der Waals surface area contributed by atoms with E-state index in [9.17, 15) is 8.42 Å². The van der Waals surface area contributed by atoms with E-state index in [2.05, 4.69) is 15.4 Å². The number of hydrogen-bond acceptors (Lipinski definition) is 2. The minimum Gasteiger partial charge on any atom is -0.352 e. The van der Waals surface area contributed by atoms with Crippen molar-refractivity contribution in [2.75, 3.05) is 6.54 Å². The van der Waals surface area contributed by atoms with Gasteiger partial charge in [0.15, 0.2) is 0 Å². The zero-order valence-corrected chi connectivity index (χ0v) is 13.9. The van der Waals surface area contributed by atoms with Crippen LogP contribution >= 0.6 is 11.6 Å². The lowest BCUT2D eigenvalue weighted by atomic mass is 10.2. The van der Waals surface area contributed by atoms with Crippen LogP contribution in [0, 0.1) is 13.8 Å². The molecule has 0 radical (unpaired) electrons. The number of benzene rings is 1. The molecule has 0 aliphatic heterocycles. The number of halogens is 1. The van der Waals surface area contributed by atoms with Gasteiger partial charge >= 0.3 is 0 Å². The largest absolute Gasteiger partial charge is 0.352 e.